The Labute approximate surface area is 143 Å². The van der Waals surface area contributed by atoms with Crippen LogP contribution >= 0.6 is 0 Å². The molecule has 126 valence electrons. The summed E-state index contributed by atoms with van der Waals surface area (Å²) in [5.74, 6) is 2.37. The molecule has 0 aromatic heterocycles. The third-order valence-corrected chi connectivity index (χ3v) is 5.10. The monoisotopic (exact) mass is 324 g/mol. The van der Waals surface area contributed by atoms with Gasteiger partial charge in [0.15, 0.2) is 11.5 Å². The van der Waals surface area contributed by atoms with Crippen LogP contribution in [0.25, 0.3) is 0 Å². The van der Waals surface area contributed by atoms with Crippen LogP contribution < -0.4 is 15.2 Å². The lowest BCUT2D eigenvalue weighted by molar-refractivity contribution is 0.172. The second-order valence-corrected chi connectivity index (χ2v) is 6.81. The number of nitrogens with zero attached hydrogens (tertiary/aromatic N) is 1. The van der Waals surface area contributed by atoms with E-state index in [0.717, 1.165) is 48.3 Å². The Morgan fingerprint density at radius 1 is 1.00 bits per heavy atom. The van der Waals surface area contributed by atoms with E-state index in [2.05, 4.69) is 35.2 Å². The lowest BCUT2D eigenvalue weighted by Crippen LogP contribution is -2.34. The highest BCUT2D eigenvalue weighted by molar-refractivity contribution is 5.58. The van der Waals surface area contributed by atoms with Crippen molar-refractivity contribution in [2.75, 3.05) is 25.6 Å². The molecule has 4 heteroatoms. The molecule has 1 saturated heterocycles. The van der Waals surface area contributed by atoms with Crippen LogP contribution in [-0.2, 0) is 13.0 Å². The van der Waals surface area contributed by atoms with Crippen LogP contribution in [0.4, 0.5) is 5.69 Å². The summed E-state index contributed by atoms with van der Waals surface area (Å²) in [6, 6.07) is 14.7. The molecular weight excluding hydrogens is 300 g/mol. The van der Waals surface area contributed by atoms with E-state index >= 15 is 0 Å². The van der Waals surface area contributed by atoms with Crippen LogP contribution in [0.2, 0.25) is 0 Å². The summed E-state index contributed by atoms with van der Waals surface area (Å²) in [5, 5.41) is 0. The number of nitrogens with two attached hydrogens (primary N) is 1. The SMILES string of the molecule is Nc1cc2c(cc1CN1CCC(Cc3ccccc3)CC1)OCO2. The summed E-state index contributed by atoms with van der Waals surface area (Å²) in [6.45, 7) is 3.44. The summed E-state index contributed by atoms with van der Waals surface area (Å²) < 4.78 is 10.8. The molecule has 2 N–H and O–H groups in total. The van der Waals surface area contributed by atoms with Crippen molar-refractivity contribution in [1.29, 1.82) is 0 Å². The van der Waals surface area contributed by atoms with Crippen molar-refractivity contribution in [1.82, 2.24) is 4.90 Å². The first-order chi connectivity index (χ1) is 11.8. The highest BCUT2D eigenvalue weighted by Gasteiger charge is 2.22. The van der Waals surface area contributed by atoms with Gasteiger partial charge in [-0.3, -0.25) is 4.90 Å². The van der Waals surface area contributed by atoms with Gasteiger partial charge in [-0.2, -0.15) is 0 Å². The third kappa shape index (κ3) is 3.34. The molecule has 2 heterocycles. The van der Waals surface area contributed by atoms with E-state index in [1.165, 1.54) is 24.8 Å². The number of likely N-dealkylation sites (tertiary alicyclic amines) is 1. The zero-order valence-electron chi connectivity index (χ0n) is 13.9. The molecule has 2 aromatic rings. The molecule has 1 fully saturated rings. The molecule has 0 atom stereocenters. The van der Waals surface area contributed by atoms with E-state index in [1.54, 1.807) is 0 Å². The van der Waals surface area contributed by atoms with Crippen LogP contribution in [0.3, 0.4) is 0 Å². The minimum absolute atomic E-state index is 0.295. The normalized spacial score (nSPS) is 18.0. The maximum atomic E-state index is 6.18. The molecule has 0 saturated carbocycles. The van der Waals surface area contributed by atoms with E-state index in [4.69, 9.17) is 15.2 Å². The minimum atomic E-state index is 0.295. The average molecular weight is 324 g/mol. The maximum absolute atomic E-state index is 6.18. The number of hydrogen-bond donors (Lipinski definition) is 1. The number of rotatable bonds is 4. The van der Waals surface area contributed by atoms with Crippen LogP contribution in [0, 0.1) is 5.92 Å². The van der Waals surface area contributed by atoms with E-state index in [0.29, 0.717) is 6.79 Å². The molecule has 0 unspecified atom stereocenters. The van der Waals surface area contributed by atoms with Crippen molar-refractivity contribution in [2.24, 2.45) is 5.92 Å². The molecule has 2 aliphatic rings. The van der Waals surface area contributed by atoms with Crippen LogP contribution in [0.1, 0.15) is 24.0 Å². The van der Waals surface area contributed by atoms with Gasteiger partial charge in [0.05, 0.1) is 0 Å². The fraction of sp³-hybridized carbons (Fsp3) is 0.400. The topological polar surface area (TPSA) is 47.7 Å². The lowest BCUT2D eigenvalue weighted by atomic mass is 9.90. The molecule has 0 spiro atoms. The number of nitrogen functional groups attached to an aromatic ring is 1. The van der Waals surface area contributed by atoms with Gasteiger partial charge in [0, 0.05) is 18.3 Å². The maximum Gasteiger partial charge on any atom is 0.231 e. The molecule has 0 radical (unpaired) electrons. The largest absolute Gasteiger partial charge is 0.454 e. The molecule has 2 aromatic carbocycles. The van der Waals surface area contributed by atoms with Crippen molar-refractivity contribution < 1.29 is 9.47 Å². The Morgan fingerprint density at radius 2 is 1.71 bits per heavy atom. The zero-order chi connectivity index (χ0) is 16.4. The lowest BCUT2D eigenvalue weighted by Gasteiger charge is -2.32. The quantitative estimate of drug-likeness (QED) is 0.875. The predicted octanol–water partition coefficient (Wildman–Crippen LogP) is 3.45. The van der Waals surface area contributed by atoms with Gasteiger partial charge >= 0.3 is 0 Å². The van der Waals surface area contributed by atoms with Gasteiger partial charge in [-0.05, 0) is 55.5 Å². The van der Waals surface area contributed by atoms with Crippen molar-refractivity contribution in [2.45, 2.75) is 25.8 Å². The summed E-state index contributed by atoms with van der Waals surface area (Å²) >= 11 is 0. The minimum Gasteiger partial charge on any atom is -0.454 e. The van der Waals surface area contributed by atoms with Crippen molar-refractivity contribution in [3.8, 4) is 11.5 Å². The van der Waals surface area contributed by atoms with Gasteiger partial charge in [0.25, 0.3) is 0 Å². The van der Waals surface area contributed by atoms with Gasteiger partial charge in [-0.25, -0.2) is 0 Å². The van der Waals surface area contributed by atoms with Gasteiger partial charge in [-0.15, -0.1) is 0 Å². The van der Waals surface area contributed by atoms with Crippen molar-refractivity contribution in [3.05, 3.63) is 53.6 Å². The Balaban J connectivity index is 1.33. The van der Waals surface area contributed by atoms with Gasteiger partial charge in [0.1, 0.15) is 0 Å². The van der Waals surface area contributed by atoms with E-state index in [1.807, 2.05) is 12.1 Å². The highest BCUT2D eigenvalue weighted by Crippen LogP contribution is 2.36. The number of piperidine rings is 1. The third-order valence-electron chi connectivity index (χ3n) is 5.10. The van der Waals surface area contributed by atoms with Gasteiger partial charge < -0.3 is 15.2 Å². The number of benzene rings is 2. The molecule has 2 aliphatic heterocycles. The molecule has 0 amide bonds. The van der Waals surface area contributed by atoms with Crippen molar-refractivity contribution in [3.63, 3.8) is 0 Å². The summed E-state index contributed by atoms with van der Waals surface area (Å²) in [7, 11) is 0. The standard InChI is InChI=1S/C20H24N2O2/c21-18-12-20-19(23-14-24-20)11-17(18)13-22-8-6-16(7-9-22)10-15-4-2-1-3-5-15/h1-5,11-12,16H,6-10,13-14,21H2. The second kappa shape index (κ2) is 6.73. The smallest absolute Gasteiger partial charge is 0.231 e. The van der Waals surface area contributed by atoms with Crippen LogP contribution in [-0.4, -0.2) is 24.8 Å². The highest BCUT2D eigenvalue weighted by atomic mass is 16.7. The molecular formula is C20H24N2O2. The van der Waals surface area contributed by atoms with Crippen LogP contribution in [0.15, 0.2) is 42.5 Å². The molecule has 0 bridgehead atoms. The molecule has 0 aliphatic carbocycles. The summed E-state index contributed by atoms with van der Waals surface area (Å²) in [6.07, 6.45) is 3.69. The summed E-state index contributed by atoms with van der Waals surface area (Å²) in [5.41, 5.74) is 9.57. The van der Waals surface area contributed by atoms with E-state index in [9.17, 15) is 0 Å². The fourth-order valence-electron chi connectivity index (χ4n) is 3.67. The number of hydrogen-bond acceptors (Lipinski definition) is 4. The second-order valence-electron chi connectivity index (χ2n) is 6.81. The first-order valence-corrected chi connectivity index (χ1v) is 8.72. The van der Waals surface area contributed by atoms with Crippen LogP contribution in [0.5, 0.6) is 11.5 Å². The molecule has 4 rings (SSSR count). The number of anilines is 1. The Morgan fingerprint density at radius 3 is 2.46 bits per heavy atom. The van der Waals surface area contributed by atoms with Gasteiger partial charge in [0.2, 0.25) is 6.79 Å². The first kappa shape index (κ1) is 15.3. The Kier molecular flexibility index (Phi) is 4.30. The van der Waals surface area contributed by atoms with Gasteiger partial charge in [-0.1, -0.05) is 30.3 Å². The molecule has 24 heavy (non-hydrogen) atoms. The fourth-order valence-corrected chi connectivity index (χ4v) is 3.67. The Bertz CT molecular complexity index is 694. The molecule has 4 nitrogen and oxygen atoms in total. The van der Waals surface area contributed by atoms with E-state index < -0.39 is 0 Å². The number of fused-ring (bicyclic) bond motifs is 1. The zero-order valence-corrected chi connectivity index (χ0v) is 13.9. The average Bonchev–Trinajstić information content (AvgIpc) is 3.05. The number of ether oxygens (including phenoxy) is 2. The predicted molar refractivity (Wildman–Crippen MR) is 95.1 cm³/mol. The van der Waals surface area contributed by atoms with E-state index in [-0.39, 0.29) is 0 Å². The Hall–Kier alpha value is -2.20. The first-order valence-electron chi connectivity index (χ1n) is 8.72. The summed E-state index contributed by atoms with van der Waals surface area (Å²) in [4.78, 5) is 2.50. The van der Waals surface area contributed by atoms with Crippen molar-refractivity contribution >= 4 is 5.69 Å².